The van der Waals surface area contributed by atoms with Gasteiger partial charge in [0.05, 0.1) is 36.3 Å². The summed E-state index contributed by atoms with van der Waals surface area (Å²) < 4.78 is 36.7. The highest BCUT2D eigenvalue weighted by atomic mass is 32.2. The second kappa shape index (κ2) is 7.02. The molecule has 0 bridgehead atoms. The van der Waals surface area contributed by atoms with Crippen molar-refractivity contribution in [3.05, 3.63) is 53.6 Å². The number of amides is 1. The van der Waals surface area contributed by atoms with Gasteiger partial charge in [0, 0.05) is 6.07 Å². The van der Waals surface area contributed by atoms with Crippen molar-refractivity contribution in [2.45, 2.75) is 4.90 Å². The zero-order chi connectivity index (χ0) is 17.7. The van der Waals surface area contributed by atoms with Crippen molar-refractivity contribution in [2.75, 3.05) is 14.2 Å². The minimum Gasteiger partial charge on any atom is -0.497 e. The van der Waals surface area contributed by atoms with Gasteiger partial charge in [-0.1, -0.05) is 6.07 Å². The van der Waals surface area contributed by atoms with E-state index < -0.39 is 15.9 Å². The molecule has 2 rings (SSSR count). The lowest BCUT2D eigenvalue weighted by atomic mass is 10.2. The Balaban J connectivity index is 2.33. The predicted molar refractivity (Wildman–Crippen MR) is 85.4 cm³/mol. The smallest absolute Gasteiger partial charge is 0.268 e. The quantitative estimate of drug-likeness (QED) is 0.883. The van der Waals surface area contributed by atoms with Gasteiger partial charge < -0.3 is 9.47 Å². The number of rotatable bonds is 5. The summed E-state index contributed by atoms with van der Waals surface area (Å²) in [5, 5.41) is 8.84. The molecule has 0 aliphatic heterocycles. The van der Waals surface area contributed by atoms with Gasteiger partial charge in [0.2, 0.25) is 0 Å². The number of hydrogen-bond donors (Lipinski definition) is 1. The van der Waals surface area contributed by atoms with Gasteiger partial charge in [0.25, 0.3) is 15.9 Å². The van der Waals surface area contributed by atoms with Gasteiger partial charge in [0.1, 0.15) is 11.5 Å². The van der Waals surface area contributed by atoms with Crippen LogP contribution in [0.1, 0.15) is 15.9 Å². The summed E-state index contributed by atoms with van der Waals surface area (Å²) in [6.07, 6.45) is 0. The van der Waals surface area contributed by atoms with E-state index in [-0.39, 0.29) is 21.8 Å². The number of sulfonamides is 1. The standard InChI is InChI=1S/C16H14N2O5S/c1-22-12-6-7-14(15(9-12)23-2)16(19)18-24(20,21)13-5-3-4-11(8-13)10-17/h3-9H,1-2H3,(H,18,19). The van der Waals surface area contributed by atoms with Crippen LogP contribution >= 0.6 is 0 Å². The molecule has 0 radical (unpaired) electrons. The summed E-state index contributed by atoms with van der Waals surface area (Å²) in [7, 11) is -1.30. The number of ether oxygens (including phenoxy) is 2. The van der Waals surface area contributed by atoms with E-state index in [1.54, 1.807) is 0 Å². The summed E-state index contributed by atoms with van der Waals surface area (Å²) in [6, 6.07) is 11.6. The second-order valence-electron chi connectivity index (χ2n) is 4.64. The fourth-order valence-corrected chi connectivity index (χ4v) is 2.97. The molecule has 0 atom stereocenters. The van der Waals surface area contributed by atoms with Crippen LogP contribution in [0.5, 0.6) is 11.5 Å². The zero-order valence-electron chi connectivity index (χ0n) is 12.9. The molecule has 0 aromatic heterocycles. The van der Waals surface area contributed by atoms with Crippen LogP contribution in [0, 0.1) is 11.3 Å². The van der Waals surface area contributed by atoms with Crippen LogP contribution in [0.25, 0.3) is 0 Å². The van der Waals surface area contributed by atoms with Crippen LogP contribution in [-0.4, -0.2) is 28.5 Å². The van der Waals surface area contributed by atoms with Crippen molar-refractivity contribution >= 4 is 15.9 Å². The van der Waals surface area contributed by atoms with Crippen LogP contribution in [0.2, 0.25) is 0 Å². The van der Waals surface area contributed by atoms with Crippen molar-refractivity contribution in [3.63, 3.8) is 0 Å². The normalized spacial score (nSPS) is 10.5. The van der Waals surface area contributed by atoms with Crippen LogP contribution in [0.3, 0.4) is 0 Å². The van der Waals surface area contributed by atoms with Crippen molar-refractivity contribution in [1.29, 1.82) is 5.26 Å². The Morgan fingerprint density at radius 1 is 1.12 bits per heavy atom. The summed E-state index contributed by atoms with van der Waals surface area (Å²) in [4.78, 5) is 12.1. The van der Waals surface area contributed by atoms with Crippen LogP contribution in [0.4, 0.5) is 0 Å². The number of hydrogen-bond acceptors (Lipinski definition) is 6. The molecule has 1 amide bonds. The molecule has 7 nitrogen and oxygen atoms in total. The van der Waals surface area contributed by atoms with Crippen LogP contribution in [0.15, 0.2) is 47.4 Å². The molecule has 0 unspecified atom stereocenters. The van der Waals surface area contributed by atoms with E-state index in [2.05, 4.69) is 0 Å². The molecule has 0 spiro atoms. The van der Waals surface area contributed by atoms with E-state index in [4.69, 9.17) is 14.7 Å². The van der Waals surface area contributed by atoms with Crippen LogP contribution in [-0.2, 0) is 10.0 Å². The third kappa shape index (κ3) is 3.64. The lowest BCUT2D eigenvalue weighted by Gasteiger charge is -2.11. The number of carbonyl (C=O) groups excluding carboxylic acids is 1. The number of benzene rings is 2. The highest BCUT2D eigenvalue weighted by Crippen LogP contribution is 2.25. The van der Waals surface area contributed by atoms with Gasteiger partial charge in [-0.25, -0.2) is 13.1 Å². The van der Waals surface area contributed by atoms with E-state index in [1.165, 1.54) is 56.7 Å². The summed E-state index contributed by atoms with van der Waals surface area (Å²) in [6.45, 7) is 0. The van der Waals surface area contributed by atoms with Crippen molar-refractivity contribution < 1.29 is 22.7 Å². The Bertz CT molecular complexity index is 916. The van der Waals surface area contributed by atoms with Gasteiger partial charge in [-0.3, -0.25) is 4.79 Å². The predicted octanol–water partition coefficient (Wildman–Crippen LogP) is 1.69. The minimum absolute atomic E-state index is 0.0401. The molecule has 0 heterocycles. The molecule has 8 heteroatoms. The van der Waals surface area contributed by atoms with E-state index in [9.17, 15) is 13.2 Å². The summed E-state index contributed by atoms with van der Waals surface area (Å²) >= 11 is 0. The van der Waals surface area contributed by atoms with Crippen molar-refractivity contribution in [2.24, 2.45) is 0 Å². The first-order chi connectivity index (χ1) is 11.4. The average molecular weight is 346 g/mol. The molecule has 2 aromatic carbocycles. The molecular formula is C16H14N2O5S. The number of methoxy groups -OCH3 is 2. The highest BCUT2D eigenvalue weighted by Gasteiger charge is 2.21. The van der Waals surface area contributed by atoms with Gasteiger partial charge in [-0.05, 0) is 30.3 Å². The first kappa shape index (κ1) is 17.3. The first-order valence-electron chi connectivity index (χ1n) is 6.70. The monoisotopic (exact) mass is 346 g/mol. The fraction of sp³-hybridized carbons (Fsp3) is 0.125. The number of nitrogens with zero attached hydrogens (tertiary/aromatic N) is 1. The molecule has 24 heavy (non-hydrogen) atoms. The summed E-state index contributed by atoms with van der Waals surface area (Å²) in [5.41, 5.74) is 0.214. The van der Waals surface area contributed by atoms with Crippen LogP contribution < -0.4 is 14.2 Å². The largest absolute Gasteiger partial charge is 0.497 e. The molecule has 0 saturated carbocycles. The molecule has 1 N–H and O–H groups in total. The Morgan fingerprint density at radius 3 is 2.50 bits per heavy atom. The molecule has 0 aliphatic carbocycles. The molecule has 124 valence electrons. The van der Waals surface area contributed by atoms with E-state index >= 15 is 0 Å². The van der Waals surface area contributed by atoms with Gasteiger partial charge in [0.15, 0.2) is 0 Å². The maximum absolute atomic E-state index is 12.3. The molecule has 0 fully saturated rings. The van der Waals surface area contributed by atoms with Gasteiger partial charge in [-0.2, -0.15) is 5.26 Å². The average Bonchev–Trinajstić information content (AvgIpc) is 2.60. The van der Waals surface area contributed by atoms with E-state index in [0.717, 1.165) is 0 Å². The van der Waals surface area contributed by atoms with Gasteiger partial charge >= 0.3 is 0 Å². The molecule has 2 aromatic rings. The topological polar surface area (TPSA) is 105 Å². The second-order valence-corrected chi connectivity index (χ2v) is 6.32. The third-order valence-electron chi connectivity index (χ3n) is 3.15. The van der Waals surface area contributed by atoms with E-state index in [1.807, 2.05) is 10.8 Å². The Hall–Kier alpha value is -3.05. The van der Waals surface area contributed by atoms with Gasteiger partial charge in [-0.15, -0.1) is 0 Å². The van der Waals surface area contributed by atoms with Crippen molar-refractivity contribution in [3.8, 4) is 17.6 Å². The Labute approximate surface area is 139 Å². The fourth-order valence-electron chi connectivity index (χ4n) is 1.95. The minimum atomic E-state index is -4.12. The molecule has 0 saturated heterocycles. The maximum Gasteiger partial charge on any atom is 0.268 e. The highest BCUT2D eigenvalue weighted by molar-refractivity contribution is 7.90. The first-order valence-corrected chi connectivity index (χ1v) is 8.19. The number of carbonyl (C=O) groups is 1. The molecular weight excluding hydrogens is 332 g/mol. The lowest BCUT2D eigenvalue weighted by molar-refractivity contribution is 0.0978. The Morgan fingerprint density at radius 2 is 1.88 bits per heavy atom. The molecule has 0 aliphatic rings. The zero-order valence-corrected chi connectivity index (χ0v) is 13.8. The lowest BCUT2D eigenvalue weighted by Crippen LogP contribution is -2.30. The van der Waals surface area contributed by atoms with Crippen molar-refractivity contribution in [1.82, 2.24) is 4.72 Å². The maximum atomic E-state index is 12.3. The SMILES string of the molecule is COc1ccc(C(=O)NS(=O)(=O)c2cccc(C#N)c2)c(OC)c1. The Kier molecular flexibility index (Phi) is 5.06. The van der Waals surface area contributed by atoms with E-state index in [0.29, 0.717) is 5.75 Å². The third-order valence-corrected chi connectivity index (χ3v) is 4.48. The number of nitrogens with one attached hydrogen (secondary N) is 1. The summed E-state index contributed by atoms with van der Waals surface area (Å²) in [5.74, 6) is -0.210. The number of nitriles is 1.